The van der Waals surface area contributed by atoms with Gasteiger partial charge in [-0.05, 0) is 43.4 Å². The molecule has 7 heteroatoms. The van der Waals surface area contributed by atoms with Crippen molar-refractivity contribution in [2.75, 3.05) is 18.8 Å². The summed E-state index contributed by atoms with van der Waals surface area (Å²) in [6, 6.07) is 11.7. The Morgan fingerprint density at radius 3 is 2.77 bits per heavy atom. The lowest BCUT2D eigenvalue weighted by Gasteiger charge is -2.30. The predicted octanol–water partition coefficient (Wildman–Crippen LogP) is 4.21. The second-order valence-corrected chi connectivity index (χ2v) is 8.03. The van der Waals surface area contributed by atoms with Crippen molar-refractivity contribution in [3.63, 3.8) is 0 Å². The molecule has 154 valence electrons. The Hall–Kier alpha value is -3.48. The number of amides is 2. The molecule has 3 aromatic heterocycles. The van der Waals surface area contributed by atoms with Crippen LogP contribution in [0.3, 0.4) is 0 Å². The number of carbonyl (C=O) groups is 1. The Morgan fingerprint density at radius 1 is 1.20 bits per heavy atom. The van der Waals surface area contributed by atoms with E-state index in [0.717, 1.165) is 72.1 Å². The van der Waals surface area contributed by atoms with Gasteiger partial charge in [-0.25, -0.2) is 9.78 Å². The number of pyridine rings is 1. The zero-order valence-electron chi connectivity index (χ0n) is 16.8. The van der Waals surface area contributed by atoms with E-state index in [-0.39, 0.29) is 6.03 Å². The van der Waals surface area contributed by atoms with Gasteiger partial charge in [-0.3, -0.25) is 0 Å². The summed E-state index contributed by atoms with van der Waals surface area (Å²) in [5.74, 6) is 1.80. The number of hydrogen-bond donors (Lipinski definition) is 2. The van der Waals surface area contributed by atoms with Crippen LogP contribution < -0.4 is 11.5 Å². The van der Waals surface area contributed by atoms with Crippen LogP contribution in [0, 0.1) is 5.92 Å². The molecular weight excluding hydrogens is 378 g/mol. The number of urea groups is 1. The third kappa shape index (κ3) is 3.26. The van der Waals surface area contributed by atoms with Crippen molar-refractivity contribution in [1.29, 1.82) is 0 Å². The van der Waals surface area contributed by atoms with Gasteiger partial charge in [0.15, 0.2) is 0 Å². The molecule has 1 saturated heterocycles. The number of furan rings is 1. The minimum Gasteiger partial charge on any atom is -0.456 e. The first-order valence-corrected chi connectivity index (χ1v) is 10.4. The minimum absolute atomic E-state index is 0.313. The highest BCUT2D eigenvalue weighted by Gasteiger charge is 2.22. The largest absolute Gasteiger partial charge is 0.456 e. The second kappa shape index (κ2) is 7.40. The molecule has 0 radical (unpaired) electrons. The highest BCUT2D eigenvalue weighted by atomic mass is 16.3. The van der Waals surface area contributed by atoms with E-state index in [9.17, 15) is 4.79 Å². The van der Waals surface area contributed by atoms with Crippen molar-refractivity contribution in [1.82, 2.24) is 14.5 Å². The summed E-state index contributed by atoms with van der Waals surface area (Å²) in [7, 11) is 0. The van der Waals surface area contributed by atoms with E-state index >= 15 is 0 Å². The highest BCUT2D eigenvalue weighted by molar-refractivity contribution is 6.00. The van der Waals surface area contributed by atoms with E-state index < -0.39 is 0 Å². The number of nitrogen functional groups attached to an aromatic ring is 1. The number of primary amides is 1. The van der Waals surface area contributed by atoms with Crippen molar-refractivity contribution in [2.45, 2.75) is 25.8 Å². The van der Waals surface area contributed by atoms with Gasteiger partial charge in [-0.1, -0.05) is 18.2 Å². The van der Waals surface area contributed by atoms with E-state index in [2.05, 4.69) is 21.8 Å². The smallest absolute Gasteiger partial charge is 0.314 e. The first-order valence-electron chi connectivity index (χ1n) is 10.4. The van der Waals surface area contributed by atoms with Crippen molar-refractivity contribution >= 4 is 33.7 Å². The number of aromatic nitrogens is 2. The molecule has 5 rings (SSSR count). The summed E-state index contributed by atoms with van der Waals surface area (Å²) in [6.45, 7) is 2.40. The van der Waals surface area contributed by atoms with E-state index in [1.165, 1.54) is 0 Å². The van der Waals surface area contributed by atoms with Gasteiger partial charge in [-0.2, -0.15) is 0 Å². The molecule has 0 spiro atoms. The number of hydrogen-bond acceptors (Lipinski definition) is 4. The standard InChI is InChI=1S/C23H25N5O2/c24-22-21(20-13-16-3-1-2-4-19(16)30-20)17-8-12-27(18(17)14-26-22)9-5-15-6-10-28(11-7-15)23(25)29/h1-4,8,12-15H,5-7,9-11H2,(H2,24,26)(H2,25,29). The van der Waals surface area contributed by atoms with Gasteiger partial charge in [0, 0.05) is 36.6 Å². The molecule has 0 saturated carbocycles. The van der Waals surface area contributed by atoms with Gasteiger partial charge in [0.2, 0.25) is 0 Å². The predicted molar refractivity (Wildman–Crippen MR) is 118 cm³/mol. The van der Waals surface area contributed by atoms with Crippen LogP contribution in [-0.2, 0) is 6.54 Å². The molecular formula is C23H25N5O2. The molecule has 30 heavy (non-hydrogen) atoms. The number of rotatable bonds is 4. The zero-order chi connectivity index (χ0) is 20.7. The quantitative estimate of drug-likeness (QED) is 0.532. The summed E-state index contributed by atoms with van der Waals surface area (Å²) in [4.78, 5) is 17.5. The summed E-state index contributed by atoms with van der Waals surface area (Å²) >= 11 is 0. The maximum absolute atomic E-state index is 11.3. The van der Waals surface area contributed by atoms with E-state index in [4.69, 9.17) is 15.9 Å². The normalized spacial score (nSPS) is 15.3. The molecule has 2 amide bonds. The van der Waals surface area contributed by atoms with Crippen LogP contribution in [0.25, 0.3) is 33.2 Å². The van der Waals surface area contributed by atoms with Crippen molar-refractivity contribution in [3.05, 3.63) is 48.8 Å². The van der Waals surface area contributed by atoms with Crippen LogP contribution in [0.5, 0.6) is 0 Å². The number of aryl methyl sites for hydroxylation is 1. The van der Waals surface area contributed by atoms with Gasteiger partial charge >= 0.3 is 6.03 Å². The summed E-state index contributed by atoms with van der Waals surface area (Å²) in [6.07, 6.45) is 6.98. The zero-order valence-corrected chi connectivity index (χ0v) is 16.8. The van der Waals surface area contributed by atoms with Crippen molar-refractivity contribution in [3.8, 4) is 11.3 Å². The Morgan fingerprint density at radius 2 is 2.00 bits per heavy atom. The fraction of sp³-hybridized carbons (Fsp3) is 0.304. The van der Waals surface area contributed by atoms with Crippen molar-refractivity contribution in [2.24, 2.45) is 11.7 Å². The van der Waals surface area contributed by atoms with Gasteiger partial charge in [0.1, 0.15) is 17.2 Å². The molecule has 0 atom stereocenters. The number of carbonyl (C=O) groups excluding carboxylic acids is 1. The Bertz CT molecular complexity index is 1180. The molecule has 1 fully saturated rings. The summed E-state index contributed by atoms with van der Waals surface area (Å²) in [5, 5.41) is 2.09. The second-order valence-electron chi connectivity index (χ2n) is 8.03. The van der Waals surface area contributed by atoms with Crippen LogP contribution in [0.15, 0.2) is 53.2 Å². The fourth-order valence-electron chi connectivity index (χ4n) is 4.50. The maximum Gasteiger partial charge on any atom is 0.314 e. The first-order chi connectivity index (χ1) is 14.6. The lowest BCUT2D eigenvalue weighted by Crippen LogP contribution is -2.41. The van der Waals surface area contributed by atoms with Gasteiger partial charge in [-0.15, -0.1) is 0 Å². The first kappa shape index (κ1) is 18.5. The van der Waals surface area contributed by atoms with Gasteiger partial charge in [0.05, 0.1) is 17.3 Å². The maximum atomic E-state index is 11.3. The molecule has 0 bridgehead atoms. The molecule has 7 nitrogen and oxygen atoms in total. The summed E-state index contributed by atoms with van der Waals surface area (Å²) in [5.41, 5.74) is 14.4. The van der Waals surface area contributed by atoms with E-state index in [0.29, 0.717) is 11.7 Å². The van der Waals surface area contributed by atoms with Crippen LogP contribution >= 0.6 is 0 Å². The van der Waals surface area contributed by atoms with Crippen LogP contribution in [0.2, 0.25) is 0 Å². The molecule has 0 aliphatic carbocycles. The Labute approximate surface area is 174 Å². The molecule has 1 aliphatic heterocycles. The van der Waals surface area contributed by atoms with Gasteiger partial charge < -0.3 is 25.4 Å². The Balaban J connectivity index is 1.39. The number of nitrogens with zero attached hydrogens (tertiary/aromatic N) is 3. The third-order valence-corrected chi connectivity index (χ3v) is 6.23. The average molecular weight is 403 g/mol. The SMILES string of the molecule is NC(=O)N1CCC(CCn2ccc3c(-c4cc5ccccc5o4)c(N)ncc32)CC1. The van der Waals surface area contributed by atoms with Crippen LogP contribution in [-0.4, -0.2) is 33.6 Å². The van der Waals surface area contributed by atoms with Crippen LogP contribution in [0.4, 0.5) is 10.6 Å². The van der Waals surface area contributed by atoms with E-state index in [1.54, 1.807) is 4.90 Å². The highest BCUT2D eigenvalue weighted by Crippen LogP contribution is 2.36. The van der Waals surface area contributed by atoms with Crippen molar-refractivity contribution < 1.29 is 9.21 Å². The molecule has 4 aromatic rings. The van der Waals surface area contributed by atoms with Crippen LogP contribution in [0.1, 0.15) is 19.3 Å². The average Bonchev–Trinajstić information content (AvgIpc) is 3.36. The van der Waals surface area contributed by atoms with E-state index in [1.807, 2.05) is 36.5 Å². The molecule has 4 heterocycles. The Kier molecular flexibility index (Phi) is 4.58. The number of likely N-dealkylation sites (tertiary alicyclic amines) is 1. The molecule has 1 aliphatic rings. The number of anilines is 1. The number of benzene rings is 1. The summed E-state index contributed by atoms with van der Waals surface area (Å²) < 4.78 is 8.30. The number of para-hydroxylation sites is 1. The number of fused-ring (bicyclic) bond motifs is 2. The fourth-order valence-corrected chi connectivity index (χ4v) is 4.50. The third-order valence-electron chi connectivity index (χ3n) is 6.23. The topological polar surface area (TPSA) is 103 Å². The minimum atomic E-state index is -0.313. The number of nitrogens with two attached hydrogens (primary N) is 2. The molecule has 0 unspecified atom stereocenters. The lowest BCUT2D eigenvalue weighted by atomic mass is 9.93. The molecule has 4 N–H and O–H groups in total. The monoisotopic (exact) mass is 403 g/mol. The molecule has 1 aromatic carbocycles. The van der Waals surface area contributed by atoms with Gasteiger partial charge in [0.25, 0.3) is 0 Å². The lowest BCUT2D eigenvalue weighted by molar-refractivity contribution is 0.175. The number of piperidine rings is 1.